The zero-order chi connectivity index (χ0) is 29.5. The van der Waals surface area contributed by atoms with Gasteiger partial charge in [-0.3, -0.25) is 14.5 Å². The van der Waals surface area contributed by atoms with Crippen molar-refractivity contribution in [2.45, 2.75) is 53.0 Å². The molecule has 0 spiro atoms. The molecule has 1 atom stereocenters. The van der Waals surface area contributed by atoms with Gasteiger partial charge in [-0.1, -0.05) is 20.8 Å². The Balaban J connectivity index is 1.73. The number of nitrogens with one attached hydrogen (secondary N) is 1. The minimum Gasteiger partial charge on any atom is -0.493 e. The van der Waals surface area contributed by atoms with E-state index in [-0.39, 0.29) is 24.3 Å². The summed E-state index contributed by atoms with van der Waals surface area (Å²) < 4.78 is 17.1. The maximum absolute atomic E-state index is 12.9. The topological polar surface area (TPSA) is 96.5 Å². The molecule has 0 radical (unpaired) electrons. The fraction of sp³-hybridized carbons (Fsp3) is 0.645. The van der Waals surface area contributed by atoms with Crippen molar-refractivity contribution in [3.05, 3.63) is 17.7 Å². The molecule has 41 heavy (non-hydrogen) atoms. The molecule has 2 aromatic rings. The standard InChI is InChI=1S/C31H47N5O5/c1-7-34-12-8-9-13-36(31(38)21(2)3)20-27(37)32-17-22-11-10-14-35(18-22)30-23(19-34)15-24-25(33-30)16-26(39-4)29(41-6)28(24)40-5/h15-16,21-22H,7-14,17-20H2,1-6H3,(H,32,37). The van der Waals surface area contributed by atoms with Crippen molar-refractivity contribution >= 4 is 28.5 Å². The molecule has 226 valence electrons. The lowest BCUT2D eigenvalue weighted by Gasteiger charge is -2.36. The zero-order valence-corrected chi connectivity index (χ0v) is 25.6. The highest BCUT2D eigenvalue weighted by Crippen LogP contribution is 2.44. The minimum absolute atomic E-state index is 0.0327. The maximum atomic E-state index is 12.9. The molecule has 0 aliphatic carbocycles. The summed E-state index contributed by atoms with van der Waals surface area (Å²) in [5, 5.41) is 4.01. The van der Waals surface area contributed by atoms with Gasteiger partial charge in [-0.2, -0.15) is 0 Å². The minimum atomic E-state index is -0.137. The molecule has 1 saturated heterocycles. The summed E-state index contributed by atoms with van der Waals surface area (Å²) in [6.07, 6.45) is 3.82. The molecule has 1 fully saturated rings. The quantitative estimate of drug-likeness (QED) is 0.583. The van der Waals surface area contributed by atoms with Gasteiger partial charge in [0.15, 0.2) is 11.5 Å². The number of nitrogens with zero attached hydrogens (tertiary/aromatic N) is 4. The highest BCUT2D eigenvalue weighted by Gasteiger charge is 2.27. The smallest absolute Gasteiger partial charge is 0.239 e. The number of benzene rings is 1. The van der Waals surface area contributed by atoms with E-state index in [1.54, 1.807) is 26.2 Å². The van der Waals surface area contributed by atoms with Gasteiger partial charge < -0.3 is 29.3 Å². The normalized spacial score (nSPS) is 19.6. The van der Waals surface area contributed by atoms with Crippen LogP contribution in [0.25, 0.3) is 10.9 Å². The number of fused-ring (bicyclic) bond motifs is 5. The SMILES string of the molecule is CCN1CCCCN(C(=O)C(C)C)CC(=O)NCC2CCCN(C2)c2nc3cc(OC)c(OC)c(OC)c3cc2C1. The third-order valence-electron chi connectivity index (χ3n) is 8.22. The van der Waals surface area contributed by atoms with Crippen molar-refractivity contribution in [2.75, 3.05) is 72.0 Å². The predicted molar refractivity (Wildman–Crippen MR) is 161 cm³/mol. The Bertz CT molecular complexity index is 1220. The van der Waals surface area contributed by atoms with E-state index < -0.39 is 0 Å². The second-order valence-electron chi connectivity index (χ2n) is 11.4. The van der Waals surface area contributed by atoms with Gasteiger partial charge in [-0.05, 0) is 50.8 Å². The van der Waals surface area contributed by atoms with Crippen LogP contribution in [0.3, 0.4) is 0 Å². The third kappa shape index (κ3) is 7.15. The molecule has 10 heteroatoms. The molecule has 1 aromatic carbocycles. The highest BCUT2D eigenvalue weighted by molar-refractivity contribution is 5.92. The molecule has 4 rings (SSSR count). The molecule has 3 heterocycles. The zero-order valence-electron chi connectivity index (χ0n) is 25.6. The lowest BCUT2D eigenvalue weighted by Crippen LogP contribution is -2.46. The predicted octanol–water partition coefficient (Wildman–Crippen LogP) is 3.69. The summed E-state index contributed by atoms with van der Waals surface area (Å²) in [6, 6.07) is 4.11. The fourth-order valence-corrected chi connectivity index (χ4v) is 5.98. The first-order valence-electron chi connectivity index (χ1n) is 14.9. The fourth-order valence-electron chi connectivity index (χ4n) is 5.98. The summed E-state index contributed by atoms with van der Waals surface area (Å²) in [7, 11) is 4.88. The van der Waals surface area contributed by atoms with E-state index in [1.165, 1.54) is 0 Å². The van der Waals surface area contributed by atoms with Crippen molar-refractivity contribution in [1.82, 2.24) is 20.1 Å². The van der Waals surface area contributed by atoms with Crippen LogP contribution in [0, 0.1) is 11.8 Å². The number of amides is 2. The Kier molecular flexibility index (Phi) is 10.5. The lowest BCUT2D eigenvalue weighted by atomic mass is 9.97. The van der Waals surface area contributed by atoms with Crippen LogP contribution in [0.5, 0.6) is 17.2 Å². The Hall–Kier alpha value is -3.27. The number of anilines is 1. The number of carbonyl (C=O) groups is 2. The average Bonchev–Trinajstić information content (AvgIpc) is 2.98. The summed E-state index contributed by atoms with van der Waals surface area (Å²) in [4.78, 5) is 37.5. The van der Waals surface area contributed by atoms with E-state index in [1.807, 2.05) is 19.9 Å². The Morgan fingerprint density at radius 2 is 1.78 bits per heavy atom. The monoisotopic (exact) mass is 569 g/mol. The summed E-state index contributed by atoms with van der Waals surface area (Å²) >= 11 is 0. The molecule has 1 unspecified atom stereocenters. The summed E-state index contributed by atoms with van der Waals surface area (Å²) in [6.45, 7) is 11.5. The number of methoxy groups -OCH3 is 3. The molecule has 0 saturated carbocycles. The molecule has 2 aliphatic heterocycles. The van der Waals surface area contributed by atoms with Crippen LogP contribution in [0.2, 0.25) is 0 Å². The second-order valence-corrected chi connectivity index (χ2v) is 11.4. The molecule has 10 nitrogen and oxygen atoms in total. The van der Waals surface area contributed by atoms with Crippen LogP contribution in [0.4, 0.5) is 5.82 Å². The van der Waals surface area contributed by atoms with Gasteiger partial charge in [-0.15, -0.1) is 0 Å². The van der Waals surface area contributed by atoms with Gasteiger partial charge >= 0.3 is 0 Å². The first-order valence-corrected chi connectivity index (χ1v) is 14.9. The Morgan fingerprint density at radius 1 is 1.02 bits per heavy atom. The first kappa shape index (κ1) is 30.7. The Labute approximate surface area is 244 Å². The van der Waals surface area contributed by atoms with Crippen molar-refractivity contribution in [3.63, 3.8) is 0 Å². The van der Waals surface area contributed by atoms with Crippen LogP contribution in [-0.4, -0.2) is 93.7 Å². The van der Waals surface area contributed by atoms with E-state index in [2.05, 4.69) is 28.1 Å². The van der Waals surface area contributed by atoms with Gasteiger partial charge in [0.2, 0.25) is 17.6 Å². The van der Waals surface area contributed by atoms with Gasteiger partial charge in [0.25, 0.3) is 0 Å². The summed E-state index contributed by atoms with van der Waals surface area (Å²) in [5.74, 6) is 2.82. The molecule has 2 amide bonds. The van der Waals surface area contributed by atoms with E-state index >= 15 is 0 Å². The van der Waals surface area contributed by atoms with Gasteiger partial charge in [-0.25, -0.2) is 4.98 Å². The number of pyridine rings is 1. The number of rotatable bonds is 5. The highest BCUT2D eigenvalue weighted by atomic mass is 16.5. The van der Waals surface area contributed by atoms with Crippen molar-refractivity contribution in [1.29, 1.82) is 0 Å². The number of ether oxygens (including phenoxy) is 3. The Morgan fingerprint density at radius 3 is 2.46 bits per heavy atom. The van der Waals surface area contributed by atoms with E-state index in [9.17, 15) is 9.59 Å². The van der Waals surface area contributed by atoms with Gasteiger partial charge in [0, 0.05) is 55.7 Å². The number of hydrogen-bond acceptors (Lipinski definition) is 8. The molecule has 2 aliphatic rings. The van der Waals surface area contributed by atoms with Crippen LogP contribution < -0.4 is 24.4 Å². The van der Waals surface area contributed by atoms with Crippen molar-refractivity contribution in [2.24, 2.45) is 11.8 Å². The van der Waals surface area contributed by atoms with Crippen LogP contribution >= 0.6 is 0 Å². The number of carbonyl (C=O) groups excluding carboxylic acids is 2. The van der Waals surface area contributed by atoms with Crippen LogP contribution in [0.1, 0.15) is 52.0 Å². The number of aromatic nitrogens is 1. The third-order valence-corrected chi connectivity index (χ3v) is 8.22. The summed E-state index contributed by atoms with van der Waals surface area (Å²) in [5.41, 5.74) is 1.93. The molecule has 1 N–H and O–H groups in total. The second kappa shape index (κ2) is 14.1. The van der Waals surface area contributed by atoms with Crippen molar-refractivity contribution < 1.29 is 23.8 Å². The molecular weight excluding hydrogens is 522 g/mol. The van der Waals surface area contributed by atoms with E-state index in [0.29, 0.717) is 36.3 Å². The molecular formula is C31H47N5O5. The number of hydrogen-bond donors (Lipinski definition) is 1. The van der Waals surface area contributed by atoms with Crippen LogP contribution in [-0.2, 0) is 16.1 Å². The van der Waals surface area contributed by atoms with Gasteiger partial charge in [0.1, 0.15) is 5.82 Å². The van der Waals surface area contributed by atoms with Crippen molar-refractivity contribution in [3.8, 4) is 17.2 Å². The molecule has 1 aromatic heterocycles. The maximum Gasteiger partial charge on any atom is 0.239 e. The largest absolute Gasteiger partial charge is 0.493 e. The van der Waals surface area contributed by atoms with E-state index in [0.717, 1.165) is 80.7 Å². The average molecular weight is 570 g/mol. The lowest BCUT2D eigenvalue weighted by molar-refractivity contribution is -0.138. The first-order chi connectivity index (χ1) is 19.8. The molecule has 2 bridgehead atoms. The van der Waals surface area contributed by atoms with Crippen LogP contribution in [0.15, 0.2) is 12.1 Å². The van der Waals surface area contributed by atoms with Gasteiger partial charge in [0.05, 0.1) is 33.4 Å². The number of piperidine rings is 1. The van der Waals surface area contributed by atoms with E-state index in [4.69, 9.17) is 19.2 Å².